The van der Waals surface area contributed by atoms with Crippen molar-refractivity contribution in [2.75, 3.05) is 29.9 Å². The Morgan fingerprint density at radius 1 is 1.04 bits per heavy atom. The van der Waals surface area contributed by atoms with Crippen molar-refractivity contribution in [3.05, 3.63) is 75.2 Å². The maximum Gasteiger partial charge on any atom is 0.276 e. The SMILES string of the molecule is Cn1nc(Nc2cc(-c3ccnc(N4CCn5c(cc6c5CC(C)(C)C6)C4=O)c3CO)cn(C)c2=O)cc1C(=O)N1CCCC1. The summed E-state index contributed by atoms with van der Waals surface area (Å²) in [5, 5.41) is 18.2. The van der Waals surface area contributed by atoms with Crippen molar-refractivity contribution in [2.24, 2.45) is 19.5 Å². The summed E-state index contributed by atoms with van der Waals surface area (Å²) in [4.78, 5) is 48.0. The topological polar surface area (TPSA) is 131 Å². The number of nitrogens with zero attached hydrogens (tertiary/aromatic N) is 7. The van der Waals surface area contributed by atoms with Crippen LogP contribution in [0.15, 0.2) is 41.5 Å². The number of pyridine rings is 2. The number of hydrogen-bond acceptors (Lipinski definition) is 7. The van der Waals surface area contributed by atoms with Crippen LogP contribution < -0.4 is 15.8 Å². The third kappa shape index (κ3) is 4.93. The van der Waals surface area contributed by atoms with Crippen LogP contribution >= 0.6 is 0 Å². The lowest BCUT2D eigenvalue weighted by Gasteiger charge is -2.31. The number of aliphatic hydroxyl groups excluding tert-OH is 1. The number of carbonyl (C=O) groups is 2. The predicted molar refractivity (Wildman–Crippen MR) is 170 cm³/mol. The standard InChI is InChI=1S/C33H38N8O4/c1-33(2)16-20-14-26-32(45)41(12-11-40(26)27(20)17-33)29-23(19-42)22(7-8-34-29)21-13-24(30(43)37(3)18-21)35-28-15-25(38(4)36-28)31(44)39-9-5-6-10-39/h7-8,13-15,18,42H,5-6,9-12,16-17,19H2,1-4H3,(H,35,36). The molecule has 1 saturated heterocycles. The van der Waals surface area contributed by atoms with Crippen LogP contribution in [0.5, 0.6) is 0 Å². The Hall–Kier alpha value is -4.71. The molecule has 6 heterocycles. The summed E-state index contributed by atoms with van der Waals surface area (Å²) < 4.78 is 5.14. The van der Waals surface area contributed by atoms with Crippen molar-refractivity contribution in [1.82, 2.24) is 28.8 Å². The number of nitrogens with one attached hydrogen (secondary N) is 1. The Balaban J connectivity index is 1.20. The summed E-state index contributed by atoms with van der Waals surface area (Å²) in [5.41, 5.74) is 5.58. The number of amides is 2. The van der Waals surface area contributed by atoms with E-state index in [1.54, 1.807) is 49.6 Å². The highest BCUT2D eigenvalue weighted by Gasteiger charge is 2.37. The second-order valence-corrected chi connectivity index (χ2v) is 13.2. The van der Waals surface area contributed by atoms with E-state index in [1.165, 1.54) is 20.5 Å². The summed E-state index contributed by atoms with van der Waals surface area (Å²) in [6.07, 6.45) is 7.20. The number of aliphatic hydroxyl groups is 1. The maximum absolute atomic E-state index is 13.8. The number of likely N-dealkylation sites (tertiary alicyclic amines) is 1. The molecule has 0 aromatic carbocycles. The number of fused-ring (bicyclic) bond motifs is 3. The molecule has 45 heavy (non-hydrogen) atoms. The van der Waals surface area contributed by atoms with E-state index in [4.69, 9.17) is 0 Å². The van der Waals surface area contributed by atoms with Gasteiger partial charge in [-0.1, -0.05) is 13.8 Å². The predicted octanol–water partition coefficient (Wildman–Crippen LogP) is 3.24. The summed E-state index contributed by atoms with van der Waals surface area (Å²) in [6.45, 7) is 6.72. The molecule has 2 N–H and O–H groups in total. The van der Waals surface area contributed by atoms with Crippen molar-refractivity contribution >= 4 is 29.1 Å². The molecule has 1 aliphatic carbocycles. The van der Waals surface area contributed by atoms with E-state index in [9.17, 15) is 19.5 Å². The Labute approximate surface area is 260 Å². The van der Waals surface area contributed by atoms with Gasteiger partial charge in [-0.2, -0.15) is 5.10 Å². The first-order valence-corrected chi connectivity index (χ1v) is 15.5. The van der Waals surface area contributed by atoms with Gasteiger partial charge in [0, 0.05) is 75.6 Å². The van der Waals surface area contributed by atoms with E-state index >= 15 is 0 Å². The fourth-order valence-electron chi connectivity index (χ4n) is 7.15. The third-order valence-electron chi connectivity index (χ3n) is 9.32. The van der Waals surface area contributed by atoms with E-state index in [2.05, 4.69) is 33.8 Å². The van der Waals surface area contributed by atoms with Gasteiger partial charge in [-0.05, 0) is 60.4 Å². The molecule has 1 fully saturated rings. The fraction of sp³-hybridized carbons (Fsp3) is 0.424. The van der Waals surface area contributed by atoms with Crippen LogP contribution in [0.4, 0.5) is 17.3 Å². The monoisotopic (exact) mass is 610 g/mol. The second kappa shape index (κ2) is 10.7. The number of anilines is 3. The maximum atomic E-state index is 13.8. The molecule has 0 unspecified atom stereocenters. The zero-order valence-corrected chi connectivity index (χ0v) is 26.1. The van der Waals surface area contributed by atoms with E-state index in [-0.39, 0.29) is 35.1 Å². The smallest absolute Gasteiger partial charge is 0.276 e. The Kier molecular flexibility index (Phi) is 6.92. The van der Waals surface area contributed by atoms with E-state index in [0.717, 1.165) is 38.8 Å². The highest BCUT2D eigenvalue weighted by atomic mass is 16.3. The molecular formula is C33H38N8O4. The first kappa shape index (κ1) is 29.0. The van der Waals surface area contributed by atoms with Gasteiger partial charge < -0.3 is 24.5 Å². The molecule has 12 nitrogen and oxygen atoms in total. The van der Waals surface area contributed by atoms with Crippen LogP contribution in [0.25, 0.3) is 11.1 Å². The molecular weight excluding hydrogens is 572 g/mol. The molecule has 3 aliphatic rings. The number of hydrogen-bond donors (Lipinski definition) is 2. The minimum atomic E-state index is -0.345. The van der Waals surface area contributed by atoms with Gasteiger partial charge in [0.1, 0.15) is 22.9 Å². The Morgan fingerprint density at radius 3 is 2.58 bits per heavy atom. The van der Waals surface area contributed by atoms with Crippen molar-refractivity contribution in [1.29, 1.82) is 0 Å². The molecule has 234 valence electrons. The molecule has 0 radical (unpaired) electrons. The largest absolute Gasteiger partial charge is 0.392 e. The molecule has 2 amide bonds. The third-order valence-corrected chi connectivity index (χ3v) is 9.32. The zero-order chi connectivity index (χ0) is 31.6. The summed E-state index contributed by atoms with van der Waals surface area (Å²) in [5.74, 6) is 0.572. The number of aryl methyl sites for hydroxylation is 2. The first-order valence-electron chi connectivity index (χ1n) is 15.5. The number of aromatic nitrogens is 5. The molecule has 12 heteroatoms. The highest BCUT2D eigenvalue weighted by Crippen LogP contribution is 2.40. The van der Waals surface area contributed by atoms with Crippen LogP contribution in [0.3, 0.4) is 0 Å². The molecule has 0 bridgehead atoms. The summed E-state index contributed by atoms with van der Waals surface area (Å²) in [6, 6.07) is 7.16. The summed E-state index contributed by atoms with van der Waals surface area (Å²) in [7, 11) is 3.36. The number of carbonyl (C=O) groups excluding carboxylic acids is 2. The molecule has 4 aromatic rings. The van der Waals surface area contributed by atoms with Gasteiger partial charge in [0.05, 0.1) is 6.61 Å². The quantitative estimate of drug-likeness (QED) is 0.343. The first-order chi connectivity index (χ1) is 21.5. The minimum absolute atomic E-state index is 0.0814. The molecule has 7 rings (SSSR count). The molecule has 0 atom stereocenters. The lowest BCUT2D eigenvalue weighted by molar-refractivity contribution is 0.0781. The normalized spacial score (nSPS) is 17.1. The van der Waals surface area contributed by atoms with Crippen molar-refractivity contribution in [3.8, 4) is 11.1 Å². The van der Waals surface area contributed by atoms with Crippen molar-refractivity contribution in [3.63, 3.8) is 0 Å². The lowest BCUT2D eigenvalue weighted by Crippen LogP contribution is -2.41. The lowest BCUT2D eigenvalue weighted by atomic mass is 9.90. The van der Waals surface area contributed by atoms with Crippen molar-refractivity contribution < 1.29 is 14.7 Å². The molecule has 4 aromatic heterocycles. The minimum Gasteiger partial charge on any atom is -0.392 e. The highest BCUT2D eigenvalue weighted by molar-refractivity contribution is 6.06. The van der Waals surface area contributed by atoms with Gasteiger partial charge in [-0.15, -0.1) is 0 Å². The second-order valence-electron chi connectivity index (χ2n) is 13.2. The van der Waals surface area contributed by atoms with Crippen LogP contribution in [0.2, 0.25) is 0 Å². The van der Waals surface area contributed by atoms with Crippen LogP contribution in [-0.4, -0.2) is 65.4 Å². The van der Waals surface area contributed by atoms with Gasteiger partial charge in [0.15, 0.2) is 5.82 Å². The average Bonchev–Trinajstić information content (AvgIpc) is 3.79. The van der Waals surface area contributed by atoms with Gasteiger partial charge in [-0.25, -0.2) is 4.98 Å². The Morgan fingerprint density at radius 2 is 1.82 bits per heavy atom. The van der Waals surface area contributed by atoms with Crippen LogP contribution in [-0.2, 0) is 40.1 Å². The van der Waals surface area contributed by atoms with Gasteiger partial charge in [-0.3, -0.25) is 24.0 Å². The van der Waals surface area contributed by atoms with E-state index in [1.807, 2.05) is 11.0 Å². The van der Waals surface area contributed by atoms with Crippen molar-refractivity contribution in [2.45, 2.75) is 52.7 Å². The van der Waals surface area contributed by atoms with E-state index in [0.29, 0.717) is 52.8 Å². The zero-order valence-electron chi connectivity index (χ0n) is 26.1. The summed E-state index contributed by atoms with van der Waals surface area (Å²) >= 11 is 0. The van der Waals surface area contributed by atoms with Crippen LogP contribution in [0.1, 0.15) is 64.5 Å². The van der Waals surface area contributed by atoms with E-state index < -0.39 is 0 Å². The van der Waals surface area contributed by atoms with Crippen LogP contribution in [0, 0.1) is 5.41 Å². The van der Waals surface area contributed by atoms with Gasteiger partial charge >= 0.3 is 0 Å². The fourth-order valence-corrected chi connectivity index (χ4v) is 7.15. The number of rotatable bonds is 6. The average molecular weight is 611 g/mol. The molecule has 0 saturated carbocycles. The van der Waals surface area contributed by atoms with Gasteiger partial charge in [0.25, 0.3) is 17.4 Å². The Bertz CT molecular complexity index is 1910. The molecule has 2 aliphatic heterocycles. The van der Waals surface area contributed by atoms with Gasteiger partial charge in [0.2, 0.25) is 0 Å². The molecule has 0 spiro atoms.